The Morgan fingerprint density at radius 1 is 1.14 bits per heavy atom. The lowest BCUT2D eigenvalue weighted by Crippen LogP contribution is -2.21. The van der Waals surface area contributed by atoms with Gasteiger partial charge < -0.3 is 15.2 Å². The highest BCUT2D eigenvalue weighted by Gasteiger charge is 2.09. The zero-order chi connectivity index (χ0) is 15.9. The van der Waals surface area contributed by atoms with Crippen molar-refractivity contribution in [3.8, 4) is 5.75 Å². The van der Waals surface area contributed by atoms with Gasteiger partial charge in [0.1, 0.15) is 11.6 Å². The van der Waals surface area contributed by atoms with Crippen molar-refractivity contribution in [3.63, 3.8) is 0 Å². The fourth-order valence-electron chi connectivity index (χ4n) is 1.74. The zero-order valence-corrected chi connectivity index (χ0v) is 11.6. The summed E-state index contributed by atoms with van der Waals surface area (Å²) in [5.41, 5.74) is 0.952. The number of ether oxygens (including phenoxy) is 1. The van der Waals surface area contributed by atoms with Crippen LogP contribution in [-0.4, -0.2) is 23.6 Å². The Morgan fingerprint density at radius 2 is 1.86 bits per heavy atom. The van der Waals surface area contributed by atoms with E-state index in [1.807, 2.05) is 0 Å². The third kappa shape index (κ3) is 4.90. The summed E-state index contributed by atoms with van der Waals surface area (Å²) in [4.78, 5) is 23.2. The van der Waals surface area contributed by atoms with E-state index in [9.17, 15) is 14.0 Å². The molecule has 1 amide bonds. The molecule has 0 spiro atoms. The molecule has 0 aliphatic rings. The van der Waals surface area contributed by atoms with E-state index < -0.39 is 24.3 Å². The Labute approximate surface area is 126 Å². The summed E-state index contributed by atoms with van der Waals surface area (Å²) in [6.45, 7) is -0.451. The number of halogens is 1. The van der Waals surface area contributed by atoms with Crippen LogP contribution in [0.3, 0.4) is 0 Å². The van der Waals surface area contributed by atoms with Gasteiger partial charge in [0, 0.05) is 5.69 Å². The molecule has 0 aliphatic heterocycles. The second-order valence-corrected chi connectivity index (χ2v) is 4.56. The van der Waals surface area contributed by atoms with E-state index in [0.717, 1.165) is 6.07 Å². The van der Waals surface area contributed by atoms with Gasteiger partial charge in [-0.25, -0.2) is 4.39 Å². The quantitative estimate of drug-likeness (QED) is 0.831. The largest absolute Gasteiger partial charge is 0.508 e. The van der Waals surface area contributed by atoms with Gasteiger partial charge in [0.05, 0.1) is 6.42 Å². The van der Waals surface area contributed by atoms with Crippen LogP contribution in [0.5, 0.6) is 5.75 Å². The molecule has 22 heavy (non-hydrogen) atoms. The van der Waals surface area contributed by atoms with Gasteiger partial charge in [0.2, 0.25) is 0 Å². The highest BCUT2D eigenvalue weighted by atomic mass is 19.1. The van der Waals surface area contributed by atoms with Crippen molar-refractivity contribution in [2.75, 3.05) is 11.9 Å². The van der Waals surface area contributed by atoms with E-state index in [4.69, 9.17) is 9.84 Å². The van der Waals surface area contributed by atoms with Gasteiger partial charge in [-0.15, -0.1) is 0 Å². The zero-order valence-electron chi connectivity index (χ0n) is 11.6. The number of carbonyl (C=O) groups is 2. The predicted molar refractivity (Wildman–Crippen MR) is 77.8 cm³/mol. The monoisotopic (exact) mass is 303 g/mol. The summed E-state index contributed by atoms with van der Waals surface area (Å²) < 4.78 is 17.8. The molecule has 6 heteroatoms. The molecule has 0 atom stereocenters. The number of amides is 1. The molecule has 0 heterocycles. The van der Waals surface area contributed by atoms with Gasteiger partial charge >= 0.3 is 5.97 Å². The van der Waals surface area contributed by atoms with E-state index in [0.29, 0.717) is 11.3 Å². The highest BCUT2D eigenvalue weighted by Crippen LogP contribution is 2.11. The Balaban J connectivity index is 1.78. The Bertz CT molecular complexity index is 670. The van der Waals surface area contributed by atoms with Gasteiger partial charge in [-0.3, -0.25) is 9.59 Å². The summed E-state index contributed by atoms with van der Waals surface area (Å²) in [7, 11) is 0. The normalized spacial score (nSPS) is 10.0. The van der Waals surface area contributed by atoms with Crippen LogP contribution in [0.2, 0.25) is 0 Å². The fraction of sp³-hybridized carbons (Fsp3) is 0.125. The van der Waals surface area contributed by atoms with Crippen molar-refractivity contribution in [3.05, 3.63) is 59.9 Å². The average molecular weight is 303 g/mol. The maximum absolute atomic E-state index is 12.9. The van der Waals surface area contributed by atoms with Gasteiger partial charge in [-0.05, 0) is 35.9 Å². The molecule has 114 valence electrons. The summed E-state index contributed by atoms with van der Waals surface area (Å²) in [5.74, 6) is -1.49. The van der Waals surface area contributed by atoms with Crippen molar-refractivity contribution in [1.29, 1.82) is 0 Å². The van der Waals surface area contributed by atoms with Crippen LogP contribution in [0.15, 0.2) is 48.5 Å². The van der Waals surface area contributed by atoms with Crippen LogP contribution in [0, 0.1) is 5.82 Å². The number of aromatic hydroxyl groups is 1. The minimum atomic E-state index is -0.569. The van der Waals surface area contributed by atoms with Crippen molar-refractivity contribution in [1.82, 2.24) is 0 Å². The number of rotatable bonds is 5. The highest BCUT2D eigenvalue weighted by molar-refractivity contribution is 5.92. The van der Waals surface area contributed by atoms with Crippen molar-refractivity contribution in [2.24, 2.45) is 0 Å². The predicted octanol–water partition coefficient (Wildman–Crippen LogP) is 2.26. The lowest BCUT2D eigenvalue weighted by molar-refractivity contribution is -0.146. The number of hydrogen-bond acceptors (Lipinski definition) is 4. The van der Waals surface area contributed by atoms with Gasteiger partial charge in [0.15, 0.2) is 6.61 Å². The standard InChI is InChI=1S/C16H14FNO4/c17-12-2-1-3-13(9-12)18-15(20)10-22-16(21)8-11-4-6-14(19)7-5-11/h1-7,9,19H,8,10H2,(H,18,20). The molecule has 2 aromatic rings. The third-order valence-electron chi connectivity index (χ3n) is 2.76. The molecule has 0 saturated carbocycles. The Morgan fingerprint density at radius 3 is 2.55 bits per heavy atom. The third-order valence-corrected chi connectivity index (χ3v) is 2.76. The van der Waals surface area contributed by atoms with Crippen LogP contribution in [0.1, 0.15) is 5.56 Å². The topological polar surface area (TPSA) is 75.6 Å². The SMILES string of the molecule is O=C(COC(=O)Cc1ccc(O)cc1)Nc1cccc(F)c1. The summed E-state index contributed by atoms with van der Waals surface area (Å²) in [6, 6.07) is 11.5. The maximum atomic E-state index is 12.9. The second-order valence-electron chi connectivity index (χ2n) is 4.56. The summed E-state index contributed by atoms with van der Waals surface area (Å²) in [5, 5.41) is 11.6. The van der Waals surface area contributed by atoms with Crippen LogP contribution >= 0.6 is 0 Å². The van der Waals surface area contributed by atoms with E-state index in [1.54, 1.807) is 12.1 Å². The van der Waals surface area contributed by atoms with E-state index in [2.05, 4.69) is 5.32 Å². The first kappa shape index (κ1) is 15.5. The number of hydrogen-bond donors (Lipinski definition) is 2. The minimum Gasteiger partial charge on any atom is -0.508 e. The van der Waals surface area contributed by atoms with Crippen LogP contribution in [0.25, 0.3) is 0 Å². The molecule has 0 fully saturated rings. The van der Waals surface area contributed by atoms with Crippen molar-refractivity contribution in [2.45, 2.75) is 6.42 Å². The van der Waals surface area contributed by atoms with E-state index >= 15 is 0 Å². The average Bonchev–Trinajstić information content (AvgIpc) is 2.48. The lowest BCUT2D eigenvalue weighted by Gasteiger charge is -2.07. The van der Waals surface area contributed by atoms with Gasteiger partial charge in [0.25, 0.3) is 5.91 Å². The number of anilines is 1. The smallest absolute Gasteiger partial charge is 0.310 e. The number of nitrogens with one attached hydrogen (secondary N) is 1. The van der Waals surface area contributed by atoms with Crippen molar-refractivity contribution >= 4 is 17.6 Å². The first-order chi connectivity index (χ1) is 10.5. The summed E-state index contributed by atoms with van der Waals surface area (Å²) in [6.07, 6.45) is -0.00642. The Kier molecular flexibility index (Phi) is 5.08. The molecular weight excluding hydrogens is 289 g/mol. The number of phenols is 1. The lowest BCUT2D eigenvalue weighted by atomic mass is 10.1. The summed E-state index contributed by atoms with van der Waals surface area (Å²) >= 11 is 0. The molecular formula is C16H14FNO4. The van der Waals surface area contributed by atoms with Crippen LogP contribution in [0.4, 0.5) is 10.1 Å². The maximum Gasteiger partial charge on any atom is 0.310 e. The molecule has 5 nitrogen and oxygen atoms in total. The fourth-order valence-corrected chi connectivity index (χ4v) is 1.74. The number of esters is 1. The number of carbonyl (C=O) groups excluding carboxylic acids is 2. The Hall–Kier alpha value is -2.89. The molecule has 2 N–H and O–H groups in total. The van der Waals surface area contributed by atoms with Crippen LogP contribution < -0.4 is 5.32 Å². The number of benzene rings is 2. The van der Waals surface area contributed by atoms with E-state index in [1.165, 1.54) is 30.3 Å². The molecule has 0 unspecified atom stereocenters. The molecule has 2 aromatic carbocycles. The molecule has 0 saturated heterocycles. The van der Waals surface area contributed by atoms with E-state index in [-0.39, 0.29) is 12.2 Å². The van der Waals surface area contributed by atoms with Gasteiger partial charge in [-0.2, -0.15) is 0 Å². The molecule has 2 rings (SSSR count). The first-order valence-corrected chi connectivity index (χ1v) is 6.52. The first-order valence-electron chi connectivity index (χ1n) is 6.52. The number of phenolic OH excluding ortho intramolecular Hbond substituents is 1. The van der Waals surface area contributed by atoms with Crippen LogP contribution in [-0.2, 0) is 20.7 Å². The van der Waals surface area contributed by atoms with Crippen molar-refractivity contribution < 1.29 is 23.8 Å². The molecule has 0 radical (unpaired) electrons. The molecule has 0 aromatic heterocycles. The van der Waals surface area contributed by atoms with Gasteiger partial charge in [-0.1, -0.05) is 18.2 Å². The second kappa shape index (κ2) is 7.21. The molecule has 0 aliphatic carbocycles. The molecule has 0 bridgehead atoms. The minimum absolute atomic E-state index is 0.00642.